The molecule has 3 N–H and O–H groups in total. The number of likely N-dealkylation sites (tertiary alicyclic amines) is 1. The van der Waals surface area contributed by atoms with Gasteiger partial charge in [-0.15, -0.1) is 0 Å². The minimum absolute atomic E-state index is 0.0879. The van der Waals surface area contributed by atoms with Gasteiger partial charge in [0, 0.05) is 48.4 Å². The summed E-state index contributed by atoms with van der Waals surface area (Å²) in [5, 5.41) is 24.1. The summed E-state index contributed by atoms with van der Waals surface area (Å²) in [6.07, 6.45) is 0.665. The Morgan fingerprint density at radius 3 is 2.65 bits per heavy atom. The standard InChI is InChI=1S/C26H34ClFN2O4/c1-17-13-30(14-19-4-7-21(27)8-5-19)18(2)10-23(17)29-15-26(3,33)16-34-24-12-22(28)9-6-20(24)11-25(31)32/h4-9,12,17-18,23,29,33H,10-11,13-16H2,1-3H3,(H,31,32)/t17-,18+,23+,26-/m0/s1. The van der Waals surface area contributed by atoms with Crippen LogP contribution >= 0.6 is 11.6 Å². The van der Waals surface area contributed by atoms with E-state index in [-0.39, 0.29) is 24.8 Å². The highest BCUT2D eigenvalue weighted by Gasteiger charge is 2.32. The summed E-state index contributed by atoms with van der Waals surface area (Å²) in [7, 11) is 0. The molecule has 34 heavy (non-hydrogen) atoms. The minimum Gasteiger partial charge on any atom is -0.490 e. The Labute approximate surface area is 205 Å². The fourth-order valence-corrected chi connectivity index (χ4v) is 4.49. The van der Waals surface area contributed by atoms with Crippen molar-refractivity contribution in [2.24, 2.45) is 5.92 Å². The lowest BCUT2D eigenvalue weighted by molar-refractivity contribution is -0.136. The second-order valence-electron chi connectivity index (χ2n) is 9.71. The molecule has 0 saturated carbocycles. The first-order chi connectivity index (χ1) is 16.0. The van der Waals surface area contributed by atoms with Crippen LogP contribution in [0.2, 0.25) is 5.02 Å². The smallest absolute Gasteiger partial charge is 0.307 e. The van der Waals surface area contributed by atoms with Crippen molar-refractivity contribution in [3.8, 4) is 5.75 Å². The Balaban J connectivity index is 1.52. The number of carbonyl (C=O) groups is 1. The van der Waals surface area contributed by atoms with Crippen molar-refractivity contribution in [2.45, 2.75) is 57.8 Å². The maximum atomic E-state index is 13.6. The fraction of sp³-hybridized carbons (Fsp3) is 0.500. The third-order valence-corrected chi connectivity index (χ3v) is 6.63. The van der Waals surface area contributed by atoms with E-state index in [0.29, 0.717) is 24.1 Å². The predicted molar refractivity (Wildman–Crippen MR) is 131 cm³/mol. The van der Waals surface area contributed by atoms with Crippen molar-refractivity contribution in [1.82, 2.24) is 10.2 Å². The number of carboxylic acid groups (broad SMARTS) is 1. The Hall–Kier alpha value is -2.19. The summed E-state index contributed by atoms with van der Waals surface area (Å²) >= 11 is 6.00. The molecule has 0 aromatic heterocycles. The van der Waals surface area contributed by atoms with E-state index in [0.717, 1.165) is 30.6 Å². The van der Waals surface area contributed by atoms with Crippen LogP contribution in [0.1, 0.15) is 38.3 Å². The first-order valence-corrected chi connectivity index (χ1v) is 12.0. The monoisotopic (exact) mass is 492 g/mol. The maximum Gasteiger partial charge on any atom is 0.307 e. The highest BCUT2D eigenvalue weighted by Crippen LogP contribution is 2.26. The molecule has 0 radical (unpaired) electrons. The molecule has 8 heteroatoms. The van der Waals surface area contributed by atoms with Crippen LogP contribution in [0.3, 0.4) is 0 Å². The molecule has 1 fully saturated rings. The Morgan fingerprint density at radius 1 is 1.26 bits per heavy atom. The highest BCUT2D eigenvalue weighted by atomic mass is 35.5. The average Bonchev–Trinajstić information content (AvgIpc) is 2.76. The molecule has 0 aliphatic carbocycles. The zero-order chi connectivity index (χ0) is 24.9. The topological polar surface area (TPSA) is 82.0 Å². The van der Waals surface area contributed by atoms with Crippen molar-refractivity contribution in [1.29, 1.82) is 0 Å². The summed E-state index contributed by atoms with van der Waals surface area (Å²) in [4.78, 5) is 13.5. The molecule has 0 spiro atoms. The molecule has 3 rings (SSSR count). The second kappa shape index (κ2) is 11.5. The number of nitrogens with one attached hydrogen (secondary N) is 1. The van der Waals surface area contributed by atoms with E-state index in [1.54, 1.807) is 6.92 Å². The van der Waals surface area contributed by atoms with E-state index < -0.39 is 17.4 Å². The van der Waals surface area contributed by atoms with Gasteiger partial charge in [-0.25, -0.2) is 4.39 Å². The number of nitrogens with zero attached hydrogens (tertiary/aromatic N) is 1. The van der Waals surface area contributed by atoms with E-state index in [1.165, 1.54) is 17.7 Å². The number of rotatable bonds is 10. The molecular weight excluding hydrogens is 459 g/mol. The maximum absolute atomic E-state index is 13.6. The van der Waals surface area contributed by atoms with Crippen LogP contribution in [-0.4, -0.2) is 58.5 Å². The summed E-state index contributed by atoms with van der Waals surface area (Å²) in [6.45, 7) is 8.08. The van der Waals surface area contributed by atoms with Gasteiger partial charge >= 0.3 is 5.97 Å². The molecule has 0 bridgehead atoms. The number of carboxylic acids is 1. The molecule has 1 heterocycles. The SMILES string of the molecule is C[C@@H]1C[C@@H](NC[C@](C)(O)COc2cc(F)ccc2CC(=O)O)[C@@H](C)CN1Cc1ccc(Cl)cc1. The lowest BCUT2D eigenvalue weighted by atomic mass is 9.88. The van der Waals surface area contributed by atoms with Crippen molar-refractivity contribution >= 4 is 17.6 Å². The lowest BCUT2D eigenvalue weighted by Gasteiger charge is -2.43. The van der Waals surface area contributed by atoms with Crippen LogP contribution in [0, 0.1) is 11.7 Å². The second-order valence-corrected chi connectivity index (χ2v) is 10.1. The van der Waals surface area contributed by atoms with Crippen LogP contribution in [0.5, 0.6) is 5.75 Å². The van der Waals surface area contributed by atoms with E-state index in [2.05, 4.69) is 36.2 Å². The largest absolute Gasteiger partial charge is 0.490 e. The van der Waals surface area contributed by atoms with Crippen molar-refractivity contribution < 1.29 is 24.1 Å². The molecule has 1 aliphatic heterocycles. The van der Waals surface area contributed by atoms with Gasteiger partial charge in [0.25, 0.3) is 0 Å². The van der Waals surface area contributed by atoms with Crippen molar-refractivity contribution in [3.63, 3.8) is 0 Å². The number of aliphatic hydroxyl groups is 1. The third kappa shape index (κ3) is 7.67. The van der Waals surface area contributed by atoms with Gasteiger partial charge in [0.2, 0.25) is 0 Å². The number of aliphatic carboxylic acids is 1. The fourth-order valence-electron chi connectivity index (χ4n) is 4.36. The number of ether oxygens (including phenoxy) is 1. The van der Waals surface area contributed by atoms with E-state index in [4.69, 9.17) is 21.4 Å². The zero-order valence-electron chi connectivity index (χ0n) is 19.9. The number of piperidine rings is 1. The minimum atomic E-state index is -1.21. The Kier molecular flexibility index (Phi) is 8.93. The predicted octanol–water partition coefficient (Wildman–Crippen LogP) is 4.12. The number of benzene rings is 2. The van der Waals surface area contributed by atoms with Crippen LogP contribution in [-0.2, 0) is 17.8 Å². The summed E-state index contributed by atoms with van der Waals surface area (Å²) in [5.74, 6) is -1.03. The molecule has 2 aromatic carbocycles. The average molecular weight is 493 g/mol. The van der Waals surface area contributed by atoms with Gasteiger partial charge in [-0.2, -0.15) is 0 Å². The molecule has 1 saturated heterocycles. The van der Waals surface area contributed by atoms with Crippen LogP contribution in [0.15, 0.2) is 42.5 Å². The molecule has 2 aromatic rings. The van der Waals surface area contributed by atoms with Gasteiger partial charge in [-0.3, -0.25) is 9.69 Å². The molecule has 0 unspecified atom stereocenters. The van der Waals surface area contributed by atoms with E-state index >= 15 is 0 Å². The van der Waals surface area contributed by atoms with Gasteiger partial charge in [-0.1, -0.05) is 36.7 Å². The first kappa shape index (κ1) is 26.4. The van der Waals surface area contributed by atoms with Crippen molar-refractivity contribution in [2.75, 3.05) is 19.7 Å². The van der Waals surface area contributed by atoms with Gasteiger partial charge < -0.3 is 20.3 Å². The normalized spacial score (nSPS) is 22.8. The number of hydrogen-bond donors (Lipinski definition) is 3. The van der Waals surface area contributed by atoms with E-state index in [1.807, 2.05) is 12.1 Å². The lowest BCUT2D eigenvalue weighted by Crippen LogP contribution is -2.55. The Morgan fingerprint density at radius 2 is 1.97 bits per heavy atom. The zero-order valence-corrected chi connectivity index (χ0v) is 20.7. The molecular formula is C26H34ClFN2O4. The van der Waals surface area contributed by atoms with Crippen LogP contribution in [0.4, 0.5) is 4.39 Å². The van der Waals surface area contributed by atoms with E-state index in [9.17, 15) is 14.3 Å². The molecule has 0 amide bonds. The molecule has 4 atom stereocenters. The number of halogens is 2. The summed E-state index contributed by atoms with van der Waals surface area (Å²) in [6, 6.07) is 12.3. The third-order valence-electron chi connectivity index (χ3n) is 6.38. The number of hydrogen-bond acceptors (Lipinski definition) is 5. The Bertz CT molecular complexity index is 970. The van der Waals surface area contributed by atoms with Crippen molar-refractivity contribution in [3.05, 3.63) is 64.4 Å². The quantitative estimate of drug-likeness (QED) is 0.463. The summed E-state index contributed by atoms with van der Waals surface area (Å²) < 4.78 is 19.3. The molecule has 1 aliphatic rings. The summed E-state index contributed by atoms with van der Waals surface area (Å²) in [5.41, 5.74) is 0.388. The van der Waals surface area contributed by atoms with Gasteiger partial charge in [0.1, 0.15) is 23.8 Å². The van der Waals surface area contributed by atoms with Crippen LogP contribution < -0.4 is 10.1 Å². The van der Waals surface area contributed by atoms with Crippen LogP contribution in [0.25, 0.3) is 0 Å². The first-order valence-electron chi connectivity index (χ1n) is 11.6. The van der Waals surface area contributed by atoms with Gasteiger partial charge in [0.15, 0.2) is 0 Å². The molecule has 186 valence electrons. The van der Waals surface area contributed by atoms with Gasteiger partial charge in [-0.05, 0) is 49.9 Å². The van der Waals surface area contributed by atoms with Gasteiger partial charge in [0.05, 0.1) is 6.42 Å². The highest BCUT2D eigenvalue weighted by molar-refractivity contribution is 6.30. The molecule has 6 nitrogen and oxygen atoms in total.